The van der Waals surface area contributed by atoms with Gasteiger partial charge < -0.3 is 10.8 Å². The van der Waals surface area contributed by atoms with Crippen molar-refractivity contribution in [2.24, 2.45) is 11.7 Å². The molecule has 10 heavy (non-hydrogen) atoms. The molecule has 0 unspecified atom stereocenters. The Kier molecular flexibility index (Phi) is 1.42. The van der Waals surface area contributed by atoms with Gasteiger partial charge in [0.25, 0.3) is 0 Å². The Balaban J connectivity index is 2.46. The summed E-state index contributed by atoms with van der Waals surface area (Å²) in [5, 5.41) is 9.19. The van der Waals surface area contributed by atoms with Gasteiger partial charge in [0.1, 0.15) is 5.60 Å². The highest BCUT2D eigenvalue weighted by molar-refractivity contribution is 5.78. The van der Waals surface area contributed by atoms with Crippen molar-refractivity contribution in [2.75, 3.05) is 0 Å². The summed E-state index contributed by atoms with van der Waals surface area (Å²) in [4.78, 5) is 10.4. The first-order chi connectivity index (χ1) is 4.57. The van der Waals surface area contributed by atoms with Crippen LogP contribution in [0.2, 0.25) is 0 Å². The third kappa shape index (κ3) is 0.981. The molecule has 3 N–H and O–H groups in total. The molecule has 0 aromatic heterocycles. The zero-order valence-corrected chi connectivity index (χ0v) is 5.50. The molecule has 1 aliphatic rings. The summed E-state index contributed by atoms with van der Waals surface area (Å²) in [5.41, 5.74) is 3.90. The van der Waals surface area contributed by atoms with Crippen LogP contribution in [0, 0.1) is 18.3 Å². The lowest BCUT2D eigenvalue weighted by atomic mass is 9.71. The van der Waals surface area contributed by atoms with E-state index in [0.717, 1.165) is 0 Å². The number of carbonyl (C=O) groups excluding carboxylic acids is 1. The fourth-order valence-corrected chi connectivity index (χ4v) is 1.07. The largest absolute Gasteiger partial charge is 0.378 e. The third-order valence-electron chi connectivity index (χ3n) is 1.84. The molecular weight excluding hydrogens is 130 g/mol. The van der Waals surface area contributed by atoms with Crippen LogP contribution in [0.15, 0.2) is 0 Å². The van der Waals surface area contributed by atoms with Gasteiger partial charge in [-0.2, -0.15) is 0 Å². The number of carbonyl (C=O) groups is 1. The minimum atomic E-state index is -1.06. The van der Waals surface area contributed by atoms with Gasteiger partial charge in [0.2, 0.25) is 5.91 Å². The van der Waals surface area contributed by atoms with Gasteiger partial charge in [-0.25, -0.2) is 0 Å². The molecule has 0 bridgehead atoms. The average Bonchev–Trinajstić information content (AvgIpc) is 1.80. The van der Waals surface area contributed by atoms with Crippen molar-refractivity contribution in [3.05, 3.63) is 0 Å². The van der Waals surface area contributed by atoms with E-state index >= 15 is 0 Å². The molecule has 1 amide bonds. The fraction of sp³-hybridized carbons (Fsp3) is 0.571. The van der Waals surface area contributed by atoms with Crippen molar-refractivity contribution in [1.82, 2.24) is 0 Å². The summed E-state index contributed by atoms with van der Waals surface area (Å²) in [5.74, 6) is 1.61. The number of hydrogen-bond acceptors (Lipinski definition) is 2. The monoisotopic (exact) mass is 139 g/mol. The van der Waals surface area contributed by atoms with Gasteiger partial charge in [-0.3, -0.25) is 4.79 Å². The number of nitrogens with two attached hydrogens (primary N) is 1. The molecule has 0 aromatic carbocycles. The first-order valence-electron chi connectivity index (χ1n) is 3.07. The Hall–Kier alpha value is -1.01. The van der Waals surface area contributed by atoms with E-state index in [1.165, 1.54) is 0 Å². The fourth-order valence-electron chi connectivity index (χ4n) is 1.07. The highest BCUT2D eigenvalue weighted by Crippen LogP contribution is 2.36. The molecule has 0 atom stereocenters. The van der Waals surface area contributed by atoms with Crippen LogP contribution in [0.3, 0.4) is 0 Å². The van der Waals surface area contributed by atoms with Crippen LogP contribution in [0.1, 0.15) is 12.8 Å². The maximum atomic E-state index is 10.4. The smallest absolute Gasteiger partial charge is 0.220 e. The lowest BCUT2D eigenvalue weighted by Gasteiger charge is -2.37. The summed E-state index contributed by atoms with van der Waals surface area (Å²) in [6.07, 6.45) is 5.61. The van der Waals surface area contributed by atoms with E-state index in [9.17, 15) is 9.90 Å². The number of rotatable bonds is 1. The van der Waals surface area contributed by atoms with Gasteiger partial charge in [0, 0.05) is 5.92 Å². The van der Waals surface area contributed by atoms with E-state index < -0.39 is 5.60 Å². The maximum absolute atomic E-state index is 10.4. The zero-order valence-electron chi connectivity index (χ0n) is 5.50. The van der Waals surface area contributed by atoms with Crippen molar-refractivity contribution >= 4 is 5.91 Å². The number of amides is 1. The van der Waals surface area contributed by atoms with Crippen LogP contribution in [0.5, 0.6) is 0 Å². The van der Waals surface area contributed by atoms with Crippen molar-refractivity contribution < 1.29 is 9.90 Å². The second kappa shape index (κ2) is 1.99. The molecule has 0 spiro atoms. The highest BCUT2D eigenvalue weighted by Gasteiger charge is 2.43. The molecule has 0 aromatic rings. The van der Waals surface area contributed by atoms with Gasteiger partial charge in [-0.05, 0) is 12.8 Å². The molecule has 1 saturated carbocycles. The van der Waals surface area contributed by atoms with E-state index in [0.29, 0.717) is 12.8 Å². The quantitative estimate of drug-likeness (QED) is 0.469. The minimum absolute atomic E-state index is 0.221. The van der Waals surface area contributed by atoms with Crippen LogP contribution >= 0.6 is 0 Å². The predicted molar refractivity (Wildman–Crippen MR) is 35.7 cm³/mol. The van der Waals surface area contributed by atoms with Gasteiger partial charge in [-0.1, -0.05) is 5.92 Å². The Bertz CT molecular complexity index is 198. The van der Waals surface area contributed by atoms with E-state index in [1.807, 2.05) is 0 Å². The number of aliphatic hydroxyl groups is 1. The zero-order chi connectivity index (χ0) is 7.78. The van der Waals surface area contributed by atoms with Crippen LogP contribution < -0.4 is 5.73 Å². The number of terminal acetylenes is 1. The van der Waals surface area contributed by atoms with E-state index in [1.54, 1.807) is 0 Å². The molecule has 1 rings (SSSR count). The lowest BCUT2D eigenvalue weighted by Crippen LogP contribution is -2.47. The number of primary amides is 1. The van der Waals surface area contributed by atoms with Crippen molar-refractivity contribution in [2.45, 2.75) is 18.4 Å². The van der Waals surface area contributed by atoms with Gasteiger partial charge in [-0.15, -0.1) is 6.42 Å². The maximum Gasteiger partial charge on any atom is 0.220 e. The molecule has 54 valence electrons. The van der Waals surface area contributed by atoms with E-state index in [2.05, 4.69) is 5.92 Å². The molecule has 1 aliphatic carbocycles. The Morgan fingerprint density at radius 1 is 1.80 bits per heavy atom. The normalized spacial score (nSPS) is 37.8. The summed E-state index contributed by atoms with van der Waals surface area (Å²) >= 11 is 0. The SMILES string of the molecule is C#CC1(O)CC(C(N)=O)C1. The van der Waals surface area contributed by atoms with Crippen LogP contribution in [-0.4, -0.2) is 16.6 Å². The minimum Gasteiger partial charge on any atom is -0.378 e. The average molecular weight is 139 g/mol. The second-order valence-electron chi connectivity index (χ2n) is 2.68. The molecule has 3 heteroatoms. The van der Waals surface area contributed by atoms with E-state index in [4.69, 9.17) is 12.2 Å². The van der Waals surface area contributed by atoms with Crippen molar-refractivity contribution in [3.63, 3.8) is 0 Å². The summed E-state index contributed by atoms with van der Waals surface area (Å²) in [6.45, 7) is 0. The molecule has 0 aliphatic heterocycles. The Morgan fingerprint density at radius 2 is 2.30 bits per heavy atom. The van der Waals surface area contributed by atoms with Gasteiger partial charge in [0.05, 0.1) is 0 Å². The second-order valence-corrected chi connectivity index (χ2v) is 2.68. The van der Waals surface area contributed by atoms with Crippen LogP contribution in [0.25, 0.3) is 0 Å². The standard InChI is InChI=1S/C7H9NO2/c1-2-7(10)3-5(4-7)6(8)9/h1,5,10H,3-4H2,(H2,8,9). The van der Waals surface area contributed by atoms with Crippen molar-refractivity contribution in [3.8, 4) is 12.3 Å². The van der Waals surface area contributed by atoms with Crippen LogP contribution in [0.4, 0.5) is 0 Å². The summed E-state index contributed by atoms with van der Waals surface area (Å²) in [7, 11) is 0. The van der Waals surface area contributed by atoms with Gasteiger partial charge in [0.15, 0.2) is 0 Å². The van der Waals surface area contributed by atoms with Crippen LogP contribution in [-0.2, 0) is 4.79 Å². The molecule has 0 radical (unpaired) electrons. The Labute approximate surface area is 59.2 Å². The lowest BCUT2D eigenvalue weighted by molar-refractivity contribution is -0.131. The first-order valence-corrected chi connectivity index (χ1v) is 3.07. The summed E-state index contributed by atoms with van der Waals surface area (Å²) in [6, 6.07) is 0. The van der Waals surface area contributed by atoms with Gasteiger partial charge >= 0.3 is 0 Å². The summed E-state index contributed by atoms with van der Waals surface area (Å²) < 4.78 is 0. The molecule has 0 saturated heterocycles. The third-order valence-corrected chi connectivity index (χ3v) is 1.84. The number of hydrogen-bond donors (Lipinski definition) is 2. The molecule has 3 nitrogen and oxygen atoms in total. The van der Waals surface area contributed by atoms with Crippen molar-refractivity contribution in [1.29, 1.82) is 0 Å². The molecule has 1 fully saturated rings. The van der Waals surface area contributed by atoms with E-state index in [-0.39, 0.29) is 11.8 Å². The first kappa shape index (κ1) is 7.10. The predicted octanol–water partition coefficient (Wildman–Crippen LogP) is -0.754. The topological polar surface area (TPSA) is 63.3 Å². The molecular formula is C7H9NO2. The highest BCUT2D eigenvalue weighted by atomic mass is 16.3. The Morgan fingerprint density at radius 3 is 2.60 bits per heavy atom. The molecule has 0 heterocycles.